The van der Waals surface area contributed by atoms with Gasteiger partial charge >= 0.3 is 11.9 Å². The van der Waals surface area contributed by atoms with E-state index in [4.69, 9.17) is 15.9 Å². The molecule has 0 spiro atoms. The van der Waals surface area contributed by atoms with Crippen LogP contribution in [0.25, 0.3) is 0 Å². The maximum Gasteiger partial charge on any atom is 0.326 e. The average molecular weight is 440 g/mol. The van der Waals surface area contributed by atoms with E-state index >= 15 is 0 Å². The topological polar surface area (TPSA) is 217 Å². The van der Waals surface area contributed by atoms with Crippen LogP contribution >= 0.6 is 0 Å². The Kier molecular flexibility index (Phi) is 9.60. The Morgan fingerprint density at radius 1 is 1.03 bits per heavy atom. The summed E-state index contributed by atoms with van der Waals surface area (Å²) in [5.74, 6) is -5.41. The van der Waals surface area contributed by atoms with Crippen LogP contribution in [0.5, 0.6) is 0 Å². The maximum atomic E-state index is 12.6. The van der Waals surface area contributed by atoms with Gasteiger partial charge in [-0.15, -0.1) is 0 Å². The van der Waals surface area contributed by atoms with Gasteiger partial charge in [-0.3, -0.25) is 19.2 Å². The van der Waals surface area contributed by atoms with Gasteiger partial charge in [0, 0.05) is 18.3 Å². The van der Waals surface area contributed by atoms with Gasteiger partial charge in [0.15, 0.2) is 0 Å². The third-order valence-corrected chi connectivity index (χ3v) is 4.32. The predicted octanol–water partition coefficient (Wildman–Crippen LogP) is -2.03. The number of carbonyl (C=O) groups excluding carboxylic acids is 3. The first kappa shape index (κ1) is 25.6. The average Bonchev–Trinajstić information content (AvgIpc) is 3.17. The van der Waals surface area contributed by atoms with Gasteiger partial charge in [-0.2, -0.15) is 0 Å². The number of carboxylic acid groups (broad SMARTS) is 2. The Balaban J connectivity index is 2.70. The zero-order valence-corrected chi connectivity index (χ0v) is 17.4. The molecule has 1 heterocycles. The number of nitrogens with one attached hydrogen (secondary N) is 4. The number of nitrogens with zero attached hydrogens (tertiary/aromatic N) is 1. The van der Waals surface area contributed by atoms with Crippen molar-refractivity contribution in [1.82, 2.24) is 25.9 Å². The van der Waals surface area contributed by atoms with Gasteiger partial charge in [0.2, 0.25) is 17.7 Å². The number of hydrogen-bond donors (Lipinski definition) is 7. The number of amides is 3. The van der Waals surface area contributed by atoms with Crippen LogP contribution in [0.2, 0.25) is 0 Å². The molecule has 13 nitrogen and oxygen atoms in total. The molecule has 0 aliphatic rings. The molecule has 3 amide bonds. The molecule has 31 heavy (non-hydrogen) atoms. The van der Waals surface area contributed by atoms with Gasteiger partial charge in [0.25, 0.3) is 0 Å². The number of nitrogens with two attached hydrogens (primary N) is 1. The lowest BCUT2D eigenvalue weighted by Crippen LogP contribution is -2.58. The first-order valence-electron chi connectivity index (χ1n) is 9.50. The first-order chi connectivity index (χ1) is 14.4. The Labute approximate surface area is 178 Å². The lowest BCUT2D eigenvalue weighted by molar-refractivity contribution is -0.147. The normalized spacial score (nSPS) is 14.7. The van der Waals surface area contributed by atoms with Gasteiger partial charge in [-0.05, 0) is 12.8 Å². The lowest BCUT2D eigenvalue weighted by atomic mass is 10.0. The van der Waals surface area contributed by atoms with E-state index in [0.29, 0.717) is 5.69 Å². The summed E-state index contributed by atoms with van der Waals surface area (Å²) in [6, 6.07) is -4.78. The Hall–Kier alpha value is -3.48. The number of aliphatic carboxylic acids is 2. The molecule has 1 aromatic rings. The molecule has 0 radical (unpaired) electrons. The Morgan fingerprint density at radius 3 is 2.16 bits per heavy atom. The Bertz CT molecular complexity index is 795. The second kappa shape index (κ2) is 11.6. The maximum absolute atomic E-state index is 12.6. The van der Waals surface area contributed by atoms with Crippen LogP contribution < -0.4 is 21.7 Å². The van der Waals surface area contributed by atoms with E-state index in [1.807, 2.05) is 0 Å². The molecule has 0 aliphatic heterocycles. The molecule has 0 saturated carbocycles. The summed E-state index contributed by atoms with van der Waals surface area (Å²) in [6.07, 6.45) is 2.33. The van der Waals surface area contributed by atoms with E-state index in [9.17, 15) is 24.0 Å². The van der Waals surface area contributed by atoms with Crippen molar-refractivity contribution in [2.24, 2.45) is 11.7 Å². The van der Waals surface area contributed by atoms with Crippen molar-refractivity contribution in [3.8, 4) is 0 Å². The fourth-order valence-electron chi connectivity index (χ4n) is 2.56. The van der Waals surface area contributed by atoms with Crippen molar-refractivity contribution in [2.75, 3.05) is 0 Å². The summed E-state index contributed by atoms with van der Waals surface area (Å²) in [4.78, 5) is 65.6. The van der Waals surface area contributed by atoms with E-state index < -0.39 is 60.2 Å². The minimum atomic E-state index is -1.65. The zero-order valence-electron chi connectivity index (χ0n) is 17.4. The third-order valence-electron chi connectivity index (χ3n) is 4.32. The van der Waals surface area contributed by atoms with E-state index in [2.05, 4.69) is 25.9 Å². The minimum Gasteiger partial charge on any atom is -0.481 e. The van der Waals surface area contributed by atoms with Gasteiger partial charge < -0.3 is 36.9 Å². The molecule has 0 fully saturated rings. The molecule has 1 aromatic heterocycles. The van der Waals surface area contributed by atoms with Crippen LogP contribution in [0.15, 0.2) is 12.5 Å². The first-order valence-corrected chi connectivity index (χ1v) is 9.50. The van der Waals surface area contributed by atoms with Crippen LogP contribution in [-0.2, 0) is 30.4 Å². The lowest BCUT2D eigenvalue weighted by Gasteiger charge is -2.25. The molecular formula is C18H28N6O7. The summed E-state index contributed by atoms with van der Waals surface area (Å²) in [6.45, 7) is 4.67. The van der Waals surface area contributed by atoms with Gasteiger partial charge in [0.1, 0.15) is 18.1 Å². The number of imidazole rings is 1. The molecule has 0 aliphatic carbocycles. The number of hydrogen-bond acceptors (Lipinski definition) is 7. The van der Waals surface area contributed by atoms with Crippen LogP contribution in [0.3, 0.4) is 0 Å². The highest BCUT2D eigenvalue weighted by Crippen LogP contribution is 2.05. The zero-order chi connectivity index (χ0) is 23.7. The molecule has 0 bridgehead atoms. The number of H-pyrrole nitrogens is 1. The summed E-state index contributed by atoms with van der Waals surface area (Å²) in [5, 5.41) is 24.7. The quantitative estimate of drug-likeness (QED) is 0.190. The monoisotopic (exact) mass is 440 g/mol. The van der Waals surface area contributed by atoms with Crippen molar-refractivity contribution in [2.45, 2.75) is 57.8 Å². The SMILES string of the molecule is CC(NC(=O)C(NC(=O)C(N)Cc1cnc[nH]1)C(C)C)C(=O)NC(CC(=O)O)C(=O)O. The number of aromatic nitrogens is 2. The van der Waals surface area contributed by atoms with Gasteiger partial charge in [0.05, 0.1) is 18.8 Å². The van der Waals surface area contributed by atoms with Gasteiger partial charge in [-0.25, -0.2) is 9.78 Å². The van der Waals surface area contributed by atoms with Crippen molar-refractivity contribution in [1.29, 1.82) is 0 Å². The second-order valence-electron chi connectivity index (χ2n) is 7.35. The molecule has 13 heteroatoms. The summed E-state index contributed by atoms with van der Waals surface area (Å²) < 4.78 is 0. The summed E-state index contributed by atoms with van der Waals surface area (Å²) in [5.41, 5.74) is 6.52. The highest BCUT2D eigenvalue weighted by molar-refractivity contribution is 5.94. The molecule has 0 aromatic carbocycles. The second-order valence-corrected chi connectivity index (χ2v) is 7.35. The fourth-order valence-corrected chi connectivity index (χ4v) is 2.56. The van der Waals surface area contributed by atoms with E-state index in [0.717, 1.165) is 0 Å². The molecule has 4 atom stereocenters. The number of aromatic amines is 1. The van der Waals surface area contributed by atoms with Crippen LogP contribution in [0.4, 0.5) is 0 Å². The van der Waals surface area contributed by atoms with Crippen molar-refractivity contribution >= 4 is 29.7 Å². The van der Waals surface area contributed by atoms with Crippen molar-refractivity contribution < 1.29 is 34.2 Å². The molecular weight excluding hydrogens is 412 g/mol. The highest BCUT2D eigenvalue weighted by atomic mass is 16.4. The van der Waals surface area contributed by atoms with Crippen molar-refractivity contribution in [3.05, 3.63) is 18.2 Å². The predicted molar refractivity (Wildman–Crippen MR) is 106 cm³/mol. The van der Waals surface area contributed by atoms with Gasteiger partial charge in [-0.1, -0.05) is 13.8 Å². The fraction of sp³-hybridized carbons (Fsp3) is 0.556. The Morgan fingerprint density at radius 2 is 1.68 bits per heavy atom. The van der Waals surface area contributed by atoms with Crippen LogP contribution in [0.1, 0.15) is 32.9 Å². The summed E-state index contributed by atoms with van der Waals surface area (Å²) in [7, 11) is 0. The van der Waals surface area contributed by atoms with Crippen molar-refractivity contribution in [3.63, 3.8) is 0 Å². The third kappa shape index (κ3) is 8.42. The molecule has 8 N–H and O–H groups in total. The number of rotatable bonds is 12. The van der Waals surface area contributed by atoms with E-state index in [1.54, 1.807) is 13.8 Å². The highest BCUT2D eigenvalue weighted by Gasteiger charge is 2.30. The molecule has 1 rings (SSSR count). The molecule has 172 valence electrons. The van der Waals surface area contributed by atoms with Crippen LogP contribution in [0, 0.1) is 5.92 Å². The number of carboxylic acids is 2. The van der Waals surface area contributed by atoms with E-state index in [-0.39, 0.29) is 12.3 Å². The van der Waals surface area contributed by atoms with Crippen LogP contribution in [-0.4, -0.2) is 74.0 Å². The molecule has 4 unspecified atom stereocenters. The minimum absolute atomic E-state index is 0.178. The summed E-state index contributed by atoms with van der Waals surface area (Å²) >= 11 is 0. The molecule has 0 saturated heterocycles. The van der Waals surface area contributed by atoms with E-state index in [1.165, 1.54) is 19.4 Å². The standard InChI is InChI=1S/C18H28N6O7/c1-8(2)14(24-16(28)11(19)4-10-6-20-7-21-10)17(29)22-9(3)15(27)23-12(18(30)31)5-13(25)26/h6-9,11-12,14H,4-5,19H2,1-3H3,(H,20,21)(H,22,29)(H,23,27)(H,24,28)(H,25,26)(H,30,31). The smallest absolute Gasteiger partial charge is 0.326 e. The largest absolute Gasteiger partial charge is 0.481 e. The number of carbonyl (C=O) groups is 5.